The van der Waals surface area contributed by atoms with Gasteiger partial charge in [0.1, 0.15) is 5.82 Å². The first-order valence-electron chi connectivity index (χ1n) is 5.73. The van der Waals surface area contributed by atoms with E-state index >= 15 is 0 Å². The lowest BCUT2D eigenvalue weighted by atomic mass is 10.2. The minimum atomic E-state index is -3.77. The number of ether oxygens (including phenoxy) is 1. The molecule has 0 heterocycles. The quantitative estimate of drug-likeness (QED) is 0.804. The Morgan fingerprint density at radius 2 is 1.95 bits per heavy atom. The molecule has 1 aromatic carbocycles. The van der Waals surface area contributed by atoms with Crippen molar-refractivity contribution in [3.8, 4) is 0 Å². The first-order chi connectivity index (χ1) is 8.89. The maximum atomic E-state index is 12.7. The van der Waals surface area contributed by atoms with Gasteiger partial charge in [-0.05, 0) is 30.7 Å². The second kappa shape index (κ2) is 6.63. The number of nitrogens with one attached hydrogen (secondary N) is 1. The summed E-state index contributed by atoms with van der Waals surface area (Å²) in [5, 5.41) is 0. The third-order valence-electron chi connectivity index (χ3n) is 2.58. The van der Waals surface area contributed by atoms with E-state index < -0.39 is 27.9 Å². The van der Waals surface area contributed by atoms with Gasteiger partial charge in [0.05, 0.1) is 18.4 Å². The van der Waals surface area contributed by atoms with Crippen LogP contribution in [0.25, 0.3) is 0 Å². The summed E-state index contributed by atoms with van der Waals surface area (Å²) in [6.45, 7) is 1.75. The van der Waals surface area contributed by atoms with Gasteiger partial charge in [-0.3, -0.25) is 4.79 Å². The molecule has 0 aliphatic carbocycles. The van der Waals surface area contributed by atoms with Crippen LogP contribution in [0.2, 0.25) is 0 Å². The molecular formula is C12H16FNO4S. The van der Waals surface area contributed by atoms with E-state index in [0.717, 1.165) is 12.1 Å². The van der Waals surface area contributed by atoms with Gasteiger partial charge in [0, 0.05) is 6.04 Å². The van der Waals surface area contributed by atoms with Crippen LogP contribution in [0.4, 0.5) is 4.39 Å². The highest BCUT2D eigenvalue weighted by Gasteiger charge is 2.21. The molecule has 0 amide bonds. The topological polar surface area (TPSA) is 72.5 Å². The summed E-state index contributed by atoms with van der Waals surface area (Å²) >= 11 is 0. The summed E-state index contributed by atoms with van der Waals surface area (Å²) in [4.78, 5) is 11.1. The number of carbonyl (C=O) groups is 1. The van der Waals surface area contributed by atoms with Crippen molar-refractivity contribution in [1.29, 1.82) is 0 Å². The Kier molecular flexibility index (Phi) is 5.44. The van der Waals surface area contributed by atoms with E-state index in [2.05, 4.69) is 9.46 Å². The van der Waals surface area contributed by atoms with Gasteiger partial charge in [-0.15, -0.1) is 0 Å². The van der Waals surface area contributed by atoms with Gasteiger partial charge in [-0.25, -0.2) is 17.5 Å². The zero-order valence-electron chi connectivity index (χ0n) is 10.7. The zero-order valence-corrected chi connectivity index (χ0v) is 11.5. The van der Waals surface area contributed by atoms with Gasteiger partial charge in [-0.2, -0.15) is 0 Å². The van der Waals surface area contributed by atoms with E-state index in [9.17, 15) is 17.6 Å². The van der Waals surface area contributed by atoms with E-state index in [1.54, 1.807) is 6.92 Å². The molecule has 19 heavy (non-hydrogen) atoms. The molecule has 1 atom stereocenters. The highest BCUT2D eigenvalue weighted by molar-refractivity contribution is 7.89. The number of halogens is 1. The van der Waals surface area contributed by atoms with Crippen LogP contribution in [0.5, 0.6) is 0 Å². The number of rotatable bonds is 6. The Hall–Kier alpha value is -1.47. The van der Waals surface area contributed by atoms with Crippen LogP contribution in [-0.4, -0.2) is 27.5 Å². The van der Waals surface area contributed by atoms with Gasteiger partial charge in [-0.1, -0.05) is 6.92 Å². The van der Waals surface area contributed by atoms with Crippen molar-refractivity contribution in [2.45, 2.75) is 30.7 Å². The third kappa shape index (κ3) is 4.60. The van der Waals surface area contributed by atoms with E-state index in [4.69, 9.17) is 0 Å². The molecule has 0 aliphatic rings. The number of carbonyl (C=O) groups excluding carboxylic acids is 1. The highest BCUT2D eigenvalue weighted by Crippen LogP contribution is 2.12. The number of hydrogen-bond acceptors (Lipinski definition) is 4. The molecule has 0 bridgehead atoms. The van der Waals surface area contributed by atoms with Gasteiger partial charge in [0.25, 0.3) is 0 Å². The van der Waals surface area contributed by atoms with Crippen molar-refractivity contribution >= 4 is 16.0 Å². The molecule has 0 radical (unpaired) electrons. The van der Waals surface area contributed by atoms with Crippen molar-refractivity contribution in [3.63, 3.8) is 0 Å². The summed E-state index contributed by atoms with van der Waals surface area (Å²) in [6.07, 6.45) is 0.392. The number of esters is 1. The third-order valence-corrected chi connectivity index (χ3v) is 4.12. The number of hydrogen-bond donors (Lipinski definition) is 1. The molecule has 106 valence electrons. The Morgan fingerprint density at radius 1 is 1.37 bits per heavy atom. The molecule has 0 aromatic heterocycles. The zero-order chi connectivity index (χ0) is 14.5. The van der Waals surface area contributed by atoms with Crippen LogP contribution in [0.3, 0.4) is 0 Å². The largest absolute Gasteiger partial charge is 0.469 e. The molecule has 0 saturated carbocycles. The van der Waals surface area contributed by atoms with E-state index in [1.807, 2.05) is 0 Å². The lowest BCUT2D eigenvalue weighted by Gasteiger charge is -2.15. The second-order valence-corrected chi connectivity index (χ2v) is 5.67. The summed E-state index contributed by atoms with van der Waals surface area (Å²) in [5.74, 6) is -1.01. The lowest BCUT2D eigenvalue weighted by Crippen LogP contribution is -2.36. The molecule has 0 fully saturated rings. The van der Waals surface area contributed by atoms with Crippen LogP contribution in [0.1, 0.15) is 19.8 Å². The number of benzene rings is 1. The summed E-state index contributed by atoms with van der Waals surface area (Å²) in [5.41, 5.74) is 0. The van der Waals surface area contributed by atoms with E-state index in [1.165, 1.54) is 19.2 Å². The number of sulfonamides is 1. The highest BCUT2D eigenvalue weighted by atomic mass is 32.2. The maximum Gasteiger partial charge on any atom is 0.307 e. The molecule has 5 nitrogen and oxygen atoms in total. The van der Waals surface area contributed by atoms with Crippen LogP contribution >= 0.6 is 0 Å². The molecule has 0 saturated heterocycles. The average molecular weight is 289 g/mol. The van der Waals surface area contributed by atoms with Crippen molar-refractivity contribution < 1.29 is 22.3 Å². The lowest BCUT2D eigenvalue weighted by molar-refractivity contribution is -0.141. The van der Waals surface area contributed by atoms with Gasteiger partial charge >= 0.3 is 5.97 Å². The first-order valence-corrected chi connectivity index (χ1v) is 7.22. The molecule has 1 rings (SSSR count). The molecule has 0 aliphatic heterocycles. The number of methoxy groups -OCH3 is 1. The first kappa shape index (κ1) is 15.6. The summed E-state index contributed by atoms with van der Waals surface area (Å²) < 4.78 is 43.6. The molecular weight excluding hydrogens is 273 g/mol. The molecule has 1 aromatic rings. The van der Waals surface area contributed by atoms with E-state index in [-0.39, 0.29) is 11.3 Å². The van der Waals surface area contributed by atoms with Crippen molar-refractivity contribution in [3.05, 3.63) is 30.1 Å². The monoisotopic (exact) mass is 289 g/mol. The van der Waals surface area contributed by atoms with Gasteiger partial charge < -0.3 is 4.74 Å². The smallest absolute Gasteiger partial charge is 0.307 e. The van der Waals surface area contributed by atoms with Crippen LogP contribution in [-0.2, 0) is 19.6 Å². The average Bonchev–Trinajstić information content (AvgIpc) is 2.38. The molecule has 1 unspecified atom stereocenters. The van der Waals surface area contributed by atoms with Crippen LogP contribution in [0.15, 0.2) is 29.2 Å². The normalized spacial score (nSPS) is 13.0. The standard InChI is InChI=1S/C12H16FNO4S/c1-3-10(8-12(15)18-2)14-19(16,17)11-6-4-9(13)5-7-11/h4-7,10,14H,3,8H2,1-2H3. The molecule has 0 spiro atoms. The molecule has 1 N–H and O–H groups in total. The fraction of sp³-hybridized carbons (Fsp3) is 0.417. The fourth-order valence-corrected chi connectivity index (χ4v) is 2.77. The minimum Gasteiger partial charge on any atom is -0.469 e. The Balaban J connectivity index is 2.83. The molecule has 7 heteroatoms. The van der Waals surface area contributed by atoms with Gasteiger partial charge in [0.2, 0.25) is 10.0 Å². The summed E-state index contributed by atoms with van der Waals surface area (Å²) in [6, 6.07) is 3.92. The predicted molar refractivity (Wildman–Crippen MR) is 67.4 cm³/mol. The van der Waals surface area contributed by atoms with Crippen LogP contribution < -0.4 is 4.72 Å². The second-order valence-electron chi connectivity index (χ2n) is 3.96. The SMILES string of the molecule is CCC(CC(=O)OC)NS(=O)(=O)c1ccc(F)cc1. The van der Waals surface area contributed by atoms with Gasteiger partial charge in [0.15, 0.2) is 0 Å². The predicted octanol–water partition coefficient (Wildman–Crippen LogP) is 1.45. The van der Waals surface area contributed by atoms with E-state index in [0.29, 0.717) is 6.42 Å². The van der Waals surface area contributed by atoms with Crippen molar-refractivity contribution in [1.82, 2.24) is 4.72 Å². The summed E-state index contributed by atoms with van der Waals surface area (Å²) in [7, 11) is -2.53. The Labute approximate surface area is 111 Å². The minimum absolute atomic E-state index is 0.0442. The van der Waals surface area contributed by atoms with Crippen molar-refractivity contribution in [2.24, 2.45) is 0 Å². The van der Waals surface area contributed by atoms with Crippen LogP contribution in [0, 0.1) is 5.82 Å². The Morgan fingerprint density at radius 3 is 2.42 bits per heavy atom. The van der Waals surface area contributed by atoms with Crippen molar-refractivity contribution in [2.75, 3.05) is 7.11 Å². The fourth-order valence-electron chi connectivity index (χ4n) is 1.46. The maximum absolute atomic E-state index is 12.7. The Bertz CT molecular complexity index is 527.